The minimum absolute atomic E-state index is 0.200. The predicted molar refractivity (Wildman–Crippen MR) is 120 cm³/mol. The third-order valence-corrected chi connectivity index (χ3v) is 5.85. The van der Waals surface area contributed by atoms with Crippen molar-refractivity contribution < 1.29 is 14.3 Å². The normalized spacial score (nSPS) is 15.7. The highest BCUT2D eigenvalue weighted by Gasteiger charge is 2.23. The van der Waals surface area contributed by atoms with Crippen LogP contribution in [0.25, 0.3) is 11.3 Å². The SMILES string of the molecule is O=C(Nc1nc(-c2ccc(Cl)cc2Cl)cs1)c1cccc(NC(=O)C2CCCO2)c1. The standard InChI is InChI=1S/C21H17Cl2N3O3S/c22-13-6-7-15(16(23)10-13)17-11-30-21(25-17)26-19(27)12-3-1-4-14(9-12)24-20(28)18-5-2-8-29-18/h1,3-4,6-7,9-11,18H,2,5,8H2,(H,24,28)(H,25,26,27). The molecule has 2 aromatic carbocycles. The monoisotopic (exact) mass is 461 g/mol. The number of benzene rings is 2. The molecule has 2 amide bonds. The van der Waals surface area contributed by atoms with Crippen LogP contribution in [-0.4, -0.2) is 29.5 Å². The molecular weight excluding hydrogens is 445 g/mol. The zero-order valence-electron chi connectivity index (χ0n) is 15.7. The number of amides is 2. The lowest BCUT2D eigenvalue weighted by atomic mass is 10.1. The Kier molecular flexibility index (Phi) is 6.34. The molecule has 1 fully saturated rings. The number of ether oxygens (including phenoxy) is 1. The molecule has 30 heavy (non-hydrogen) atoms. The van der Waals surface area contributed by atoms with Crippen molar-refractivity contribution in [1.29, 1.82) is 0 Å². The number of anilines is 2. The Morgan fingerprint density at radius 1 is 1.13 bits per heavy atom. The molecule has 1 aliphatic heterocycles. The summed E-state index contributed by atoms with van der Waals surface area (Å²) >= 11 is 13.5. The summed E-state index contributed by atoms with van der Waals surface area (Å²) < 4.78 is 5.38. The maximum Gasteiger partial charge on any atom is 0.257 e. The summed E-state index contributed by atoms with van der Waals surface area (Å²) in [5, 5.41) is 8.85. The molecule has 3 aromatic rings. The van der Waals surface area contributed by atoms with E-state index in [1.165, 1.54) is 11.3 Å². The van der Waals surface area contributed by atoms with Crippen LogP contribution in [0.2, 0.25) is 10.0 Å². The molecule has 1 aliphatic rings. The van der Waals surface area contributed by atoms with E-state index in [4.69, 9.17) is 27.9 Å². The highest BCUT2D eigenvalue weighted by Crippen LogP contribution is 2.32. The highest BCUT2D eigenvalue weighted by atomic mass is 35.5. The molecule has 1 unspecified atom stereocenters. The Morgan fingerprint density at radius 2 is 2.00 bits per heavy atom. The summed E-state index contributed by atoms with van der Waals surface area (Å²) in [6.45, 7) is 0.595. The summed E-state index contributed by atoms with van der Waals surface area (Å²) in [4.78, 5) is 29.3. The van der Waals surface area contributed by atoms with E-state index in [9.17, 15) is 9.59 Å². The van der Waals surface area contributed by atoms with Crippen molar-refractivity contribution in [2.75, 3.05) is 17.2 Å². The molecule has 0 aliphatic carbocycles. The number of hydrogen-bond acceptors (Lipinski definition) is 5. The van der Waals surface area contributed by atoms with Gasteiger partial charge in [-0.15, -0.1) is 11.3 Å². The van der Waals surface area contributed by atoms with Gasteiger partial charge in [-0.25, -0.2) is 4.98 Å². The Morgan fingerprint density at radius 3 is 2.77 bits per heavy atom. The lowest BCUT2D eigenvalue weighted by molar-refractivity contribution is -0.124. The maximum atomic E-state index is 12.6. The molecule has 0 spiro atoms. The van der Waals surface area contributed by atoms with Gasteiger partial charge in [0.15, 0.2) is 5.13 Å². The van der Waals surface area contributed by atoms with Crippen LogP contribution in [0, 0.1) is 0 Å². The van der Waals surface area contributed by atoms with Crippen LogP contribution in [0.15, 0.2) is 47.8 Å². The summed E-state index contributed by atoms with van der Waals surface area (Å²) in [7, 11) is 0. The lowest BCUT2D eigenvalue weighted by Gasteiger charge is -2.11. The molecule has 2 heterocycles. The van der Waals surface area contributed by atoms with Crippen LogP contribution >= 0.6 is 34.5 Å². The van der Waals surface area contributed by atoms with Crippen LogP contribution in [0.1, 0.15) is 23.2 Å². The van der Waals surface area contributed by atoms with E-state index in [-0.39, 0.29) is 11.8 Å². The molecule has 0 saturated carbocycles. The predicted octanol–water partition coefficient (Wildman–Crippen LogP) is 5.49. The van der Waals surface area contributed by atoms with Crippen LogP contribution in [0.4, 0.5) is 10.8 Å². The second-order valence-corrected chi connectivity index (χ2v) is 8.39. The highest BCUT2D eigenvalue weighted by molar-refractivity contribution is 7.14. The Labute approximate surface area is 187 Å². The van der Waals surface area contributed by atoms with Crippen molar-refractivity contribution >= 4 is 57.2 Å². The summed E-state index contributed by atoms with van der Waals surface area (Å²) in [5.74, 6) is -0.527. The Bertz CT molecular complexity index is 1100. The quantitative estimate of drug-likeness (QED) is 0.526. The third kappa shape index (κ3) is 4.82. The second-order valence-electron chi connectivity index (χ2n) is 6.69. The molecule has 154 valence electrons. The topological polar surface area (TPSA) is 80.3 Å². The van der Waals surface area contributed by atoms with Crippen molar-refractivity contribution in [3.05, 3.63) is 63.5 Å². The van der Waals surface area contributed by atoms with E-state index in [2.05, 4.69) is 15.6 Å². The van der Waals surface area contributed by atoms with Gasteiger partial charge < -0.3 is 10.1 Å². The van der Waals surface area contributed by atoms with Crippen LogP contribution in [-0.2, 0) is 9.53 Å². The van der Waals surface area contributed by atoms with Gasteiger partial charge in [0, 0.05) is 33.8 Å². The summed E-state index contributed by atoms with van der Waals surface area (Å²) in [5.41, 5.74) is 2.32. The second kappa shape index (κ2) is 9.14. The minimum Gasteiger partial charge on any atom is -0.368 e. The molecule has 6 nitrogen and oxygen atoms in total. The maximum absolute atomic E-state index is 12.6. The lowest BCUT2D eigenvalue weighted by Crippen LogP contribution is -2.27. The van der Waals surface area contributed by atoms with Gasteiger partial charge in [-0.1, -0.05) is 29.3 Å². The number of carbonyl (C=O) groups is 2. The molecule has 2 N–H and O–H groups in total. The number of rotatable bonds is 5. The van der Waals surface area contributed by atoms with E-state index in [1.54, 1.807) is 42.5 Å². The van der Waals surface area contributed by atoms with E-state index in [1.807, 2.05) is 5.38 Å². The first kappa shape index (κ1) is 20.8. The molecule has 4 rings (SSSR count). The average molecular weight is 462 g/mol. The summed E-state index contributed by atoms with van der Waals surface area (Å²) in [6, 6.07) is 11.9. The van der Waals surface area contributed by atoms with Gasteiger partial charge in [-0.2, -0.15) is 0 Å². The first-order valence-corrected chi connectivity index (χ1v) is 10.9. The van der Waals surface area contributed by atoms with E-state index < -0.39 is 6.10 Å². The number of nitrogens with one attached hydrogen (secondary N) is 2. The van der Waals surface area contributed by atoms with Gasteiger partial charge in [0.1, 0.15) is 6.10 Å². The Hall–Kier alpha value is -2.45. The van der Waals surface area contributed by atoms with E-state index in [0.717, 1.165) is 12.0 Å². The molecule has 9 heteroatoms. The van der Waals surface area contributed by atoms with Crippen molar-refractivity contribution in [1.82, 2.24) is 4.98 Å². The average Bonchev–Trinajstić information content (AvgIpc) is 3.40. The van der Waals surface area contributed by atoms with Gasteiger partial charge in [0.25, 0.3) is 11.8 Å². The van der Waals surface area contributed by atoms with Crippen LogP contribution in [0.5, 0.6) is 0 Å². The smallest absolute Gasteiger partial charge is 0.257 e. The zero-order valence-corrected chi connectivity index (χ0v) is 18.0. The van der Waals surface area contributed by atoms with Gasteiger partial charge >= 0.3 is 0 Å². The first-order valence-electron chi connectivity index (χ1n) is 9.24. The van der Waals surface area contributed by atoms with Crippen molar-refractivity contribution in [3.8, 4) is 11.3 Å². The minimum atomic E-state index is -0.434. The molecule has 0 radical (unpaired) electrons. The molecular formula is C21H17Cl2N3O3S. The zero-order chi connectivity index (χ0) is 21.1. The number of nitrogens with zero attached hydrogens (tertiary/aromatic N) is 1. The number of hydrogen-bond donors (Lipinski definition) is 2. The fourth-order valence-electron chi connectivity index (χ4n) is 3.07. The molecule has 1 saturated heterocycles. The number of thiazole rings is 1. The van der Waals surface area contributed by atoms with Gasteiger partial charge in [-0.05, 0) is 49.2 Å². The van der Waals surface area contributed by atoms with Crippen molar-refractivity contribution in [2.24, 2.45) is 0 Å². The third-order valence-electron chi connectivity index (χ3n) is 4.55. The number of aromatic nitrogens is 1. The largest absolute Gasteiger partial charge is 0.368 e. The Balaban J connectivity index is 1.44. The van der Waals surface area contributed by atoms with E-state index in [0.29, 0.717) is 45.1 Å². The number of carbonyl (C=O) groups excluding carboxylic acids is 2. The molecule has 0 bridgehead atoms. The van der Waals surface area contributed by atoms with Crippen molar-refractivity contribution in [2.45, 2.75) is 18.9 Å². The summed E-state index contributed by atoms with van der Waals surface area (Å²) in [6.07, 6.45) is 1.14. The molecule has 1 atom stereocenters. The van der Waals surface area contributed by atoms with Gasteiger partial charge in [-0.3, -0.25) is 14.9 Å². The van der Waals surface area contributed by atoms with Crippen molar-refractivity contribution in [3.63, 3.8) is 0 Å². The molecule has 1 aromatic heterocycles. The fourth-order valence-corrected chi connectivity index (χ4v) is 4.28. The van der Waals surface area contributed by atoms with Gasteiger partial charge in [0.2, 0.25) is 0 Å². The van der Waals surface area contributed by atoms with Crippen LogP contribution < -0.4 is 10.6 Å². The van der Waals surface area contributed by atoms with Gasteiger partial charge in [0.05, 0.1) is 10.7 Å². The van der Waals surface area contributed by atoms with E-state index >= 15 is 0 Å². The van der Waals surface area contributed by atoms with Crippen LogP contribution in [0.3, 0.4) is 0 Å². The first-order chi connectivity index (χ1) is 14.5. The number of halogens is 2. The fraction of sp³-hybridized carbons (Fsp3) is 0.190.